The van der Waals surface area contributed by atoms with Crippen LogP contribution in [0.4, 0.5) is 41.2 Å². The van der Waals surface area contributed by atoms with E-state index < -0.39 is 46.7 Å². The minimum Gasteiger partial charge on any atom is -0.409 e. The first-order valence-corrected chi connectivity index (χ1v) is 9.31. The van der Waals surface area contributed by atoms with Gasteiger partial charge >= 0.3 is 18.4 Å². The molecule has 0 heterocycles. The Morgan fingerprint density at radius 2 is 1.35 bits per heavy atom. The molecule has 0 unspecified atom stereocenters. The lowest BCUT2D eigenvalue weighted by Crippen LogP contribution is -2.30. The maximum atomic E-state index is 13.2. The first kappa shape index (κ1) is 28.2. The van der Waals surface area contributed by atoms with Crippen molar-refractivity contribution < 1.29 is 40.3 Å². The van der Waals surface area contributed by atoms with Crippen LogP contribution in [0.5, 0.6) is 5.75 Å². The highest BCUT2D eigenvalue weighted by atomic mass is 19.4. The minimum atomic E-state index is -5.18. The molecule has 0 aliphatic carbocycles. The van der Waals surface area contributed by atoms with Gasteiger partial charge in [0.05, 0.1) is 11.1 Å². The molecule has 0 aromatic heterocycles. The van der Waals surface area contributed by atoms with E-state index >= 15 is 0 Å². The van der Waals surface area contributed by atoms with Gasteiger partial charge in [0.25, 0.3) is 0 Å². The van der Waals surface area contributed by atoms with Crippen molar-refractivity contribution in [3.05, 3.63) is 58.9 Å². The summed E-state index contributed by atoms with van der Waals surface area (Å²) in [5, 5.41) is 0. The first-order chi connectivity index (χ1) is 14.3. The fraction of sp³-hybridized carbons (Fsp3) is 0.381. The smallest absolute Gasteiger partial charge is 0.409 e. The number of hydrogen-bond acceptors (Lipinski definition) is 2. The topological polar surface area (TPSA) is 29.5 Å². The van der Waals surface area contributed by atoms with Crippen molar-refractivity contribution in [3.63, 3.8) is 0 Å². The SMILES string of the molecule is CC.CC.Cc1cc(C(F)(F)F)cc(C(F)(F)F)c1OC(=O)N(C)c1ccc(F)cc1. The highest BCUT2D eigenvalue weighted by Gasteiger charge is 2.40. The van der Waals surface area contributed by atoms with Crippen LogP contribution in [-0.2, 0) is 12.4 Å². The van der Waals surface area contributed by atoms with Gasteiger partial charge < -0.3 is 4.74 Å². The number of ether oxygens (including phenoxy) is 1. The van der Waals surface area contributed by atoms with E-state index in [1.54, 1.807) is 0 Å². The molecule has 174 valence electrons. The van der Waals surface area contributed by atoms with Crippen LogP contribution < -0.4 is 9.64 Å². The van der Waals surface area contributed by atoms with Gasteiger partial charge in [-0.15, -0.1) is 0 Å². The van der Waals surface area contributed by atoms with Gasteiger partial charge in [0, 0.05) is 12.7 Å². The molecule has 2 aromatic rings. The van der Waals surface area contributed by atoms with Crippen LogP contribution >= 0.6 is 0 Å². The van der Waals surface area contributed by atoms with Crippen LogP contribution in [0.2, 0.25) is 0 Å². The van der Waals surface area contributed by atoms with Crippen molar-refractivity contribution in [1.29, 1.82) is 0 Å². The zero-order chi connectivity index (χ0) is 24.6. The van der Waals surface area contributed by atoms with Gasteiger partial charge in [-0.1, -0.05) is 27.7 Å². The molecule has 10 heteroatoms. The van der Waals surface area contributed by atoms with Crippen LogP contribution in [0.3, 0.4) is 0 Å². The fourth-order valence-corrected chi connectivity index (χ4v) is 2.21. The number of hydrogen-bond donors (Lipinski definition) is 0. The minimum absolute atomic E-state index is 0.111. The number of nitrogens with zero attached hydrogens (tertiary/aromatic N) is 1. The Hall–Kier alpha value is -2.78. The Balaban J connectivity index is 0.00000212. The number of aryl methyl sites for hydroxylation is 1. The van der Waals surface area contributed by atoms with E-state index in [2.05, 4.69) is 0 Å². The van der Waals surface area contributed by atoms with E-state index in [1.807, 2.05) is 27.7 Å². The van der Waals surface area contributed by atoms with Crippen LogP contribution in [0.1, 0.15) is 44.4 Å². The molecule has 0 atom stereocenters. The predicted molar refractivity (Wildman–Crippen MR) is 105 cm³/mol. The van der Waals surface area contributed by atoms with Gasteiger partial charge in [-0.3, -0.25) is 4.90 Å². The molecule has 3 nitrogen and oxygen atoms in total. The van der Waals surface area contributed by atoms with Crippen LogP contribution in [0, 0.1) is 12.7 Å². The molecular formula is C21H24F7NO2. The van der Waals surface area contributed by atoms with Crippen molar-refractivity contribution in [2.24, 2.45) is 0 Å². The van der Waals surface area contributed by atoms with Gasteiger partial charge in [0.1, 0.15) is 11.6 Å². The lowest BCUT2D eigenvalue weighted by Gasteiger charge is -2.21. The Bertz CT molecular complexity index is 845. The quantitative estimate of drug-likeness (QED) is 0.432. The average Bonchev–Trinajstić information content (AvgIpc) is 2.70. The lowest BCUT2D eigenvalue weighted by atomic mass is 10.0. The van der Waals surface area contributed by atoms with Crippen molar-refractivity contribution in [2.75, 3.05) is 11.9 Å². The molecular weight excluding hydrogens is 431 g/mol. The molecule has 0 radical (unpaired) electrons. The second-order valence-electron chi connectivity index (χ2n) is 5.57. The molecule has 0 aliphatic heterocycles. The number of carbonyl (C=O) groups excluding carboxylic acids is 1. The van der Waals surface area contributed by atoms with Gasteiger partial charge in [0.15, 0.2) is 0 Å². The predicted octanol–water partition coefficient (Wildman–Crippen LogP) is 7.86. The molecule has 0 saturated carbocycles. The number of amides is 1. The molecule has 0 aliphatic rings. The normalized spacial score (nSPS) is 10.9. The molecule has 1 amide bonds. The van der Waals surface area contributed by atoms with Crippen molar-refractivity contribution in [1.82, 2.24) is 0 Å². The maximum absolute atomic E-state index is 13.2. The third-order valence-electron chi connectivity index (χ3n) is 3.58. The van der Waals surface area contributed by atoms with Gasteiger partial charge in [-0.05, 0) is 48.9 Å². The van der Waals surface area contributed by atoms with Crippen LogP contribution in [-0.4, -0.2) is 13.1 Å². The number of halogens is 7. The summed E-state index contributed by atoms with van der Waals surface area (Å²) in [4.78, 5) is 12.9. The Morgan fingerprint density at radius 1 is 0.871 bits per heavy atom. The number of rotatable bonds is 2. The summed E-state index contributed by atoms with van der Waals surface area (Å²) in [5.74, 6) is -1.63. The number of anilines is 1. The third-order valence-corrected chi connectivity index (χ3v) is 3.58. The summed E-state index contributed by atoms with van der Waals surface area (Å²) >= 11 is 0. The number of alkyl halides is 6. The summed E-state index contributed by atoms with van der Waals surface area (Å²) in [6.07, 6.45) is -11.5. The van der Waals surface area contributed by atoms with Crippen molar-refractivity contribution >= 4 is 11.8 Å². The molecule has 31 heavy (non-hydrogen) atoms. The Kier molecular flexibility index (Phi) is 10.5. The second-order valence-corrected chi connectivity index (χ2v) is 5.57. The summed E-state index contributed by atoms with van der Waals surface area (Å²) in [6, 6.07) is 4.73. The molecule has 0 bridgehead atoms. The van der Waals surface area contributed by atoms with Crippen LogP contribution in [0.15, 0.2) is 36.4 Å². The first-order valence-electron chi connectivity index (χ1n) is 9.31. The van der Waals surface area contributed by atoms with Crippen molar-refractivity contribution in [3.8, 4) is 5.75 Å². The molecule has 0 spiro atoms. The third kappa shape index (κ3) is 7.76. The number of carbonyl (C=O) groups is 1. The van der Waals surface area contributed by atoms with E-state index in [4.69, 9.17) is 4.74 Å². The summed E-state index contributed by atoms with van der Waals surface area (Å²) in [7, 11) is 1.16. The Morgan fingerprint density at radius 3 is 1.77 bits per heavy atom. The zero-order valence-electron chi connectivity index (χ0n) is 17.9. The monoisotopic (exact) mass is 455 g/mol. The van der Waals surface area contributed by atoms with E-state index in [0.29, 0.717) is 6.07 Å². The van der Waals surface area contributed by atoms with E-state index in [0.717, 1.165) is 31.0 Å². The highest BCUT2D eigenvalue weighted by Crippen LogP contribution is 2.42. The molecule has 0 saturated heterocycles. The van der Waals surface area contributed by atoms with Gasteiger partial charge in [-0.25, -0.2) is 9.18 Å². The largest absolute Gasteiger partial charge is 0.420 e. The second kappa shape index (κ2) is 11.6. The summed E-state index contributed by atoms with van der Waals surface area (Å²) < 4.78 is 95.6. The summed E-state index contributed by atoms with van der Waals surface area (Å²) in [5.41, 5.74) is -3.65. The summed E-state index contributed by atoms with van der Waals surface area (Å²) in [6.45, 7) is 8.96. The van der Waals surface area contributed by atoms with E-state index in [1.165, 1.54) is 12.1 Å². The molecule has 0 N–H and O–H groups in total. The average molecular weight is 455 g/mol. The molecule has 0 fully saturated rings. The zero-order valence-corrected chi connectivity index (χ0v) is 17.9. The Labute approximate surface area is 176 Å². The lowest BCUT2D eigenvalue weighted by molar-refractivity contribution is -0.143. The van der Waals surface area contributed by atoms with E-state index in [9.17, 15) is 35.5 Å². The fourth-order valence-electron chi connectivity index (χ4n) is 2.21. The van der Waals surface area contributed by atoms with Crippen LogP contribution in [0.25, 0.3) is 0 Å². The molecule has 2 rings (SSSR count). The standard InChI is InChI=1S/C17H12F7NO2.2C2H6/c1-9-7-10(16(19,20)21)8-13(17(22,23)24)14(9)27-15(26)25(2)12-5-3-11(18)4-6-12;2*1-2/h3-8H,1-2H3;2*1-2H3. The molecule has 2 aromatic carbocycles. The number of benzene rings is 2. The van der Waals surface area contributed by atoms with Gasteiger partial charge in [-0.2, -0.15) is 26.3 Å². The van der Waals surface area contributed by atoms with Crippen molar-refractivity contribution in [2.45, 2.75) is 47.0 Å². The maximum Gasteiger partial charge on any atom is 0.420 e. The van der Waals surface area contributed by atoms with E-state index in [-0.39, 0.29) is 11.8 Å². The highest BCUT2D eigenvalue weighted by molar-refractivity contribution is 5.88. The van der Waals surface area contributed by atoms with Gasteiger partial charge in [0.2, 0.25) is 0 Å².